The van der Waals surface area contributed by atoms with Gasteiger partial charge in [-0.25, -0.2) is 0 Å². The number of benzene rings is 4. The molecule has 4 aromatic carbocycles. The van der Waals surface area contributed by atoms with Gasteiger partial charge >= 0.3 is 288 Å². The molecule has 0 spiro atoms. The molecule has 8 bridgehead atoms. The Labute approximate surface area is 304 Å². The Kier molecular flexibility index (Phi) is 7.20. The van der Waals surface area contributed by atoms with E-state index < -0.39 is 0 Å². The Bertz CT molecular complexity index is 2930. The first-order valence-electron chi connectivity index (χ1n) is 17.1. The van der Waals surface area contributed by atoms with Gasteiger partial charge in [-0.1, -0.05) is 18.2 Å². The third-order valence-electron chi connectivity index (χ3n) is 9.61. The summed E-state index contributed by atoms with van der Waals surface area (Å²) in [6, 6.07) is 47.4. The summed E-state index contributed by atoms with van der Waals surface area (Å²) in [7, 11) is 0. The molecular weight excluding hydrogens is 705 g/mol. The van der Waals surface area contributed by atoms with Crippen LogP contribution in [-0.2, 0) is 0 Å². The molecule has 0 aliphatic carbocycles. The van der Waals surface area contributed by atoms with Gasteiger partial charge in [-0.3, -0.25) is 0 Å². The molecule has 0 amide bonds. The molecule has 0 atom stereocenters. The molecule has 0 radical (unpaired) electrons. The first-order valence-corrected chi connectivity index (χ1v) is 18.8. The predicted molar refractivity (Wildman–Crippen MR) is 215 cm³/mol. The average Bonchev–Trinajstić information content (AvgIpc) is 4.05. The van der Waals surface area contributed by atoms with Crippen molar-refractivity contribution in [2.24, 2.45) is 0 Å². The minimum atomic E-state index is -0.271. The van der Waals surface area contributed by atoms with Gasteiger partial charge in [-0.15, -0.1) is 0 Å². The second kappa shape index (κ2) is 12.4. The van der Waals surface area contributed by atoms with Gasteiger partial charge in [0.25, 0.3) is 0 Å². The van der Waals surface area contributed by atoms with Crippen LogP contribution < -0.4 is 5.56 Å². The zero-order valence-corrected chi connectivity index (χ0v) is 29.5. The summed E-state index contributed by atoms with van der Waals surface area (Å²) < 4.78 is 2.98. The Morgan fingerprint density at radius 1 is 0.442 bits per heavy atom. The van der Waals surface area contributed by atoms with Crippen LogP contribution in [0.5, 0.6) is 0 Å². The summed E-state index contributed by atoms with van der Waals surface area (Å²) in [4.78, 5) is 32.3. The van der Waals surface area contributed by atoms with Crippen molar-refractivity contribution in [3.63, 3.8) is 0 Å². The second-order valence-corrected chi connectivity index (χ2v) is 14.8. The SMILES string of the molecule is O=c1c2ccccc2[se]n1-c1c2nc(c(-c3ccccc3)c3ccc([nH]3)c(-c3ccccc3)c3nc(c(-c4ccccc4)c4ccc1[nH]4)C=C3)C=C2. The van der Waals surface area contributed by atoms with Crippen LogP contribution in [0.15, 0.2) is 144 Å². The first kappa shape index (κ1) is 30.3. The van der Waals surface area contributed by atoms with Crippen LogP contribution in [-0.4, -0.2) is 38.2 Å². The maximum atomic E-state index is 14.1. The Balaban J connectivity index is 1.41. The van der Waals surface area contributed by atoms with Crippen LogP contribution in [0.1, 0.15) is 22.8 Å². The Hall–Kier alpha value is -6.53. The van der Waals surface area contributed by atoms with E-state index in [9.17, 15) is 4.79 Å². The molecule has 0 unspecified atom stereocenters. The van der Waals surface area contributed by atoms with Crippen LogP contribution >= 0.6 is 0 Å². The van der Waals surface area contributed by atoms with Gasteiger partial charge in [-0.2, -0.15) is 0 Å². The molecule has 8 aromatic rings. The number of aromatic amines is 2. The Morgan fingerprint density at radius 3 is 1.35 bits per heavy atom. The molecule has 52 heavy (non-hydrogen) atoms. The first-order chi connectivity index (χ1) is 25.7. The molecule has 6 nitrogen and oxygen atoms in total. The summed E-state index contributed by atoms with van der Waals surface area (Å²) >= 11 is -0.271. The van der Waals surface area contributed by atoms with Crippen molar-refractivity contribution in [2.45, 2.75) is 0 Å². The third kappa shape index (κ3) is 5.06. The van der Waals surface area contributed by atoms with Gasteiger partial charge in [-0.05, 0) is 0 Å². The van der Waals surface area contributed by atoms with Gasteiger partial charge in [0.2, 0.25) is 0 Å². The molecule has 0 fully saturated rings. The zero-order valence-electron chi connectivity index (χ0n) is 27.7. The number of H-pyrrole nitrogens is 2. The number of nitrogens with zero attached hydrogens (tertiary/aromatic N) is 3. The van der Waals surface area contributed by atoms with Crippen LogP contribution in [0.2, 0.25) is 0 Å². The normalized spacial score (nSPS) is 12.2. The van der Waals surface area contributed by atoms with Crippen molar-refractivity contribution in [3.8, 4) is 39.1 Å². The molecular formula is C45H29N5OSe. The molecule has 10 rings (SSSR count). The molecule has 2 aliphatic rings. The van der Waals surface area contributed by atoms with E-state index in [1.807, 2.05) is 70.3 Å². The van der Waals surface area contributed by atoms with Gasteiger partial charge in [0.15, 0.2) is 0 Å². The summed E-state index contributed by atoms with van der Waals surface area (Å²) in [5, 5.41) is 0.742. The fourth-order valence-electron chi connectivity index (χ4n) is 7.25. The fourth-order valence-corrected chi connectivity index (χ4v) is 9.46. The number of nitrogens with one attached hydrogen (secondary N) is 2. The van der Waals surface area contributed by atoms with Crippen molar-refractivity contribution in [1.29, 1.82) is 0 Å². The van der Waals surface area contributed by atoms with Crippen molar-refractivity contribution in [3.05, 3.63) is 173 Å². The van der Waals surface area contributed by atoms with Crippen LogP contribution in [0.25, 0.3) is 95.1 Å². The van der Waals surface area contributed by atoms with E-state index in [4.69, 9.17) is 9.97 Å². The predicted octanol–water partition coefficient (Wildman–Crippen LogP) is 10.0. The maximum absolute atomic E-state index is 14.1. The van der Waals surface area contributed by atoms with Crippen LogP contribution in [0, 0.1) is 0 Å². The van der Waals surface area contributed by atoms with E-state index in [0.29, 0.717) is 0 Å². The van der Waals surface area contributed by atoms with Gasteiger partial charge in [0, 0.05) is 0 Å². The molecule has 6 heterocycles. The third-order valence-corrected chi connectivity index (χ3v) is 11.9. The van der Waals surface area contributed by atoms with Crippen LogP contribution in [0.3, 0.4) is 0 Å². The summed E-state index contributed by atoms with van der Waals surface area (Å²) in [5.74, 6) is 0. The van der Waals surface area contributed by atoms with Crippen molar-refractivity contribution in [2.75, 3.05) is 0 Å². The van der Waals surface area contributed by atoms with Crippen molar-refractivity contribution >= 4 is 70.7 Å². The number of rotatable bonds is 4. The molecule has 0 saturated heterocycles. The molecule has 7 heteroatoms. The monoisotopic (exact) mass is 735 g/mol. The molecule has 0 saturated carbocycles. The van der Waals surface area contributed by atoms with E-state index in [1.54, 1.807) is 0 Å². The fraction of sp³-hybridized carbons (Fsp3) is 0. The zero-order chi connectivity index (χ0) is 34.6. The number of fused-ring (bicyclic) bond motifs is 9. The van der Waals surface area contributed by atoms with Gasteiger partial charge in [0.1, 0.15) is 0 Å². The number of aromatic nitrogens is 5. The molecule has 2 aliphatic heterocycles. The van der Waals surface area contributed by atoms with E-state index >= 15 is 0 Å². The molecule has 2 N–H and O–H groups in total. The van der Waals surface area contributed by atoms with Gasteiger partial charge in [0.05, 0.1) is 0 Å². The van der Waals surface area contributed by atoms with Crippen molar-refractivity contribution in [1.82, 2.24) is 23.5 Å². The Morgan fingerprint density at radius 2 is 0.846 bits per heavy atom. The second-order valence-electron chi connectivity index (χ2n) is 12.8. The topological polar surface area (TPSA) is 79.4 Å². The summed E-state index contributed by atoms with van der Waals surface area (Å²) in [6.45, 7) is 0. The standard InChI is InChI=1S/C45H29N5OSe/c51-45-31-18-10-11-19-40(31)52-50(45)44-38-26-24-36(48-38)42(29-14-6-2-7-15-29)34-22-20-32(46-34)41(28-12-4-1-5-13-28)33-21-23-35(47-33)43(30-16-8-3-9-17-30)37-25-27-39(44)49-37/h1-27,46,49H. The van der Waals surface area contributed by atoms with Crippen molar-refractivity contribution < 1.29 is 0 Å². The van der Waals surface area contributed by atoms with Gasteiger partial charge < -0.3 is 0 Å². The minimum absolute atomic E-state index is 0.0134. The number of hydrogen-bond donors (Lipinski definition) is 2. The quantitative estimate of drug-likeness (QED) is 0.177. The number of hydrogen-bond acceptors (Lipinski definition) is 3. The average molecular weight is 735 g/mol. The van der Waals surface area contributed by atoms with E-state index in [2.05, 4.69) is 107 Å². The molecule has 4 aromatic heterocycles. The van der Waals surface area contributed by atoms with Crippen LogP contribution in [0.4, 0.5) is 0 Å². The molecule has 246 valence electrons. The van der Waals surface area contributed by atoms with E-state index in [0.717, 1.165) is 93.6 Å². The summed E-state index contributed by atoms with van der Waals surface area (Å²) in [5.41, 5.74) is 13.7. The van der Waals surface area contributed by atoms with E-state index in [-0.39, 0.29) is 20.3 Å². The van der Waals surface area contributed by atoms with E-state index in [1.165, 1.54) is 0 Å². The summed E-state index contributed by atoms with van der Waals surface area (Å²) in [6.07, 6.45) is 8.31.